The number of hydrazone groups is 1. The Morgan fingerprint density at radius 2 is 1.72 bits per heavy atom. The number of carbonyl (C=O) groups excluding carboxylic acids is 3. The van der Waals surface area contributed by atoms with Gasteiger partial charge in [0, 0.05) is 5.69 Å². The highest BCUT2D eigenvalue weighted by Crippen LogP contribution is 2.36. The number of benzene rings is 3. The van der Waals surface area contributed by atoms with E-state index in [1.807, 2.05) is 6.92 Å². The van der Waals surface area contributed by atoms with E-state index in [9.17, 15) is 14.4 Å². The highest BCUT2D eigenvalue weighted by Gasteiger charge is 2.16. The molecule has 0 radical (unpaired) electrons. The quantitative estimate of drug-likeness (QED) is 0.158. The second-order valence-electron chi connectivity index (χ2n) is 7.58. The number of hydrogen-bond donors (Lipinski definition) is 3. The molecule has 0 aromatic heterocycles. The van der Waals surface area contributed by atoms with Gasteiger partial charge < -0.3 is 24.8 Å². The molecule has 0 bridgehead atoms. The molecule has 0 aliphatic rings. The first-order valence-electron chi connectivity index (χ1n) is 11.3. The van der Waals surface area contributed by atoms with Crippen LogP contribution in [0.25, 0.3) is 0 Å². The average Bonchev–Trinajstić information content (AvgIpc) is 2.91. The summed E-state index contributed by atoms with van der Waals surface area (Å²) >= 11 is 15.2. The fraction of sp³-hybridized carbons (Fsp3) is 0.154. The fourth-order valence-electron chi connectivity index (χ4n) is 3.11. The molecular formula is C26H23BrCl2N4O6. The minimum atomic E-state index is -0.975. The van der Waals surface area contributed by atoms with Crippen LogP contribution in [0.15, 0.2) is 64.2 Å². The summed E-state index contributed by atoms with van der Waals surface area (Å²) < 4.78 is 16.9. The van der Waals surface area contributed by atoms with Crippen LogP contribution in [0.5, 0.6) is 17.2 Å². The van der Waals surface area contributed by atoms with Crippen LogP contribution < -0.4 is 30.3 Å². The monoisotopic (exact) mass is 636 g/mol. The molecule has 10 nitrogen and oxygen atoms in total. The van der Waals surface area contributed by atoms with Crippen molar-refractivity contribution < 1.29 is 28.6 Å². The van der Waals surface area contributed by atoms with E-state index in [1.54, 1.807) is 48.5 Å². The molecule has 3 amide bonds. The molecule has 204 valence electrons. The lowest BCUT2D eigenvalue weighted by atomic mass is 10.2. The SMILES string of the molecule is CCOc1ccccc1NC(=O)C(=O)N/N=C\c1cc(Br)c(OCC(=O)Nc2ccc(Cl)c(Cl)c2)c(OC)c1. The summed E-state index contributed by atoms with van der Waals surface area (Å²) in [5.41, 5.74) is 3.50. The van der Waals surface area contributed by atoms with Crippen molar-refractivity contribution >= 4 is 74.4 Å². The van der Waals surface area contributed by atoms with Gasteiger partial charge in [-0.05, 0) is 70.9 Å². The van der Waals surface area contributed by atoms with E-state index < -0.39 is 17.7 Å². The maximum Gasteiger partial charge on any atom is 0.329 e. The van der Waals surface area contributed by atoms with Gasteiger partial charge in [0.05, 0.1) is 40.1 Å². The number of methoxy groups -OCH3 is 1. The highest BCUT2D eigenvalue weighted by atomic mass is 79.9. The third kappa shape index (κ3) is 8.60. The van der Waals surface area contributed by atoms with E-state index in [2.05, 4.69) is 37.1 Å². The zero-order chi connectivity index (χ0) is 28.4. The summed E-state index contributed by atoms with van der Waals surface area (Å²) in [6, 6.07) is 14.6. The van der Waals surface area contributed by atoms with Gasteiger partial charge in [-0.1, -0.05) is 35.3 Å². The lowest BCUT2D eigenvalue weighted by Gasteiger charge is -2.13. The molecule has 0 fully saturated rings. The molecule has 3 aromatic rings. The van der Waals surface area contributed by atoms with Crippen molar-refractivity contribution in [3.63, 3.8) is 0 Å². The van der Waals surface area contributed by atoms with Crippen molar-refractivity contribution in [1.82, 2.24) is 5.43 Å². The standard InChI is InChI=1S/C26H23BrCl2N4O6/c1-3-38-21-7-5-4-6-20(21)32-25(35)26(36)33-30-13-15-10-17(27)24(22(11-15)37-2)39-14-23(34)31-16-8-9-18(28)19(29)12-16/h4-13H,3,14H2,1-2H3,(H,31,34)(H,32,35)(H,33,36)/b30-13-. The molecule has 0 spiro atoms. The van der Waals surface area contributed by atoms with E-state index in [4.69, 9.17) is 37.4 Å². The van der Waals surface area contributed by atoms with Crippen LogP contribution in [0.2, 0.25) is 10.0 Å². The van der Waals surface area contributed by atoms with Crippen LogP contribution in [-0.2, 0) is 14.4 Å². The Bertz CT molecular complexity index is 1400. The van der Waals surface area contributed by atoms with Crippen LogP contribution in [0.4, 0.5) is 11.4 Å². The first-order chi connectivity index (χ1) is 18.7. The van der Waals surface area contributed by atoms with Crippen LogP contribution >= 0.6 is 39.1 Å². The molecule has 0 aliphatic heterocycles. The van der Waals surface area contributed by atoms with Crippen LogP contribution in [0.3, 0.4) is 0 Å². The normalized spacial score (nSPS) is 10.6. The van der Waals surface area contributed by atoms with Crippen molar-refractivity contribution in [2.24, 2.45) is 5.10 Å². The number of halogens is 3. The summed E-state index contributed by atoms with van der Waals surface area (Å²) in [5, 5.41) is 9.64. The molecule has 3 aromatic carbocycles. The molecule has 13 heteroatoms. The minimum absolute atomic E-state index is 0.273. The number of hydrogen-bond acceptors (Lipinski definition) is 7. The average molecular weight is 638 g/mol. The van der Waals surface area contributed by atoms with E-state index >= 15 is 0 Å². The predicted octanol–water partition coefficient (Wildman–Crippen LogP) is 5.27. The fourth-order valence-corrected chi connectivity index (χ4v) is 3.98. The van der Waals surface area contributed by atoms with E-state index in [0.717, 1.165) is 0 Å². The Morgan fingerprint density at radius 3 is 2.44 bits per heavy atom. The van der Waals surface area contributed by atoms with Crippen LogP contribution in [-0.4, -0.2) is 44.3 Å². The molecule has 39 heavy (non-hydrogen) atoms. The van der Waals surface area contributed by atoms with Gasteiger partial charge in [-0.2, -0.15) is 5.10 Å². The lowest BCUT2D eigenvalue weighted by Crippen LogP contribution is -2.32. The minimum Gasteiger partial charge on any atom is -0.493 e. The smallest absolute Gasteiger partial charge is 0.329 e. The zero-order valence-corrected chi connectivity index (χ0v) is 23.8. The number of nitrogens with one attached hydrogen (secondary N) is 3. The Labute approximate surface area is 242 Å². The van der Waals surface area contributed by atoms with Gasteiger partial charge in [0.25, 0.3) is 5.91 Å². The largest absolute Gasteiger partial charge is 0.493 e. The van der Waals surface area contributed by atoms with E-state index in [-0.39, 0.29) is 12.4 Å². The van der Waals surface area contributed by atoms with Crippen molar-refractivity contribution in [2.75, 3.05) is 31.0 Å². The Balaban J connectivity index is 1.59. The topological polar surface area (TPSA) is 127 Å². The van der Waals surface area contributed by atoms with Crippen LogP contribution in [0.1, 0.15) is 12.5 Å². The molecule has 0 heterocycles. The van der Waals surface area contributed by atoms with E-state index in [1.165, 1.54) is 19.4 Å². The summed E-state index contributed by atoms with van der Waals surface area (Å²) in [5.74, 6) is -1.31. The number of carbonyl (C=O) groups is 3. The summed E-state index contributed by atoms with van der Waals surface area (Å²) in [6.07, 6.45) is 1.31. The Morgan fingerprint density at radius 1 is 0.949 bits per heavy atom. The Kier molecular flexibility index (Phi) is 11.0. The first-order valence-corrected chi connectivity index (χ1v) is 12.9. The number of para-hydroxylation sites is 2. The van der Waals surface area contributed by atoms with Crippen molar-refractivity contribution in [3.05, 3.63) is 74.7 Å². The molecule has 3 N–H and O–H groups in total. The van der Waals surface area contributed by atoms with Gasteiger partial charge in [-0.3, -0.25) is 14.4 Å². The van der Waals surface area contributed by atoms with Gasteiger partial charge in [-0.25, -0.2) is 5.43 Å². The third-order valence-electron chi connectivity index (χ3n) is 4.82. The highest BCUT2D eigenvalue weighted by molar-refractivity contribution is 9.10. The Hall–Kier alpha value is -3.80. The molecule has 0 saturated carbocycles. The third-order valence-corrected chi connectivity index (χ3v) is 6.15. The molecule has 0 atom stereocenters. The van der Waals surface area contributed by atoms with Gasteiger partial charge in [-0.15, -0.1) is 0 Å². The second kappa shape index (κ2) is 14.4. The number of nitrogens with zero attached hydrogens (tertiary/aromatic N) is 1. The van der Waals surface area contributed by atoms with E-state index in [0.29, 0.717) is 49.6 Å². The molecular weight excluding hydrogens is 615 g/mol. The van der Waals surface area contributed by atoms with Gasteiger partial charge in [0.2, 0.25) is 0 Å². The maximum absolute atomic E-state index is 12.3. The van der Waals surface area contributed by atoms with Crippen molar-refractivity contribution in [3.8, 4) is 17.2 Å². The van der Waals surface area contributed by atoms with Crippen LogP contribution in [0, 0.1) is 0 Å². The van der Waals surface area contributed by atoms with Gasteiger partial charge >= 0.3 is 11.8 Å². The summed E-state index contributed by atoms with van der Waals surface area (Å²) in [4.78, 5) is 36.7. The molecule has 0 unspecified atom stereocenters. The number of amides is 3. The number of rotatable bonds is 10. The lowest BCUT2D eigenvalue weighted by molar-refractivity contribution is -0.136. The summed E-state index contributed by atoms with van der Waals surface area (Å²) in [7, 11) is 1.43. The first kappa shape index (κ1) is 29.8. The molecule has 3 rings (SSSR count). The second-order valence-corrected chi connectivity index (χ2v) is 9.25. The number of ether oxygens (including phenoxy) is 3. The van der Waals surface area contributed by atoms with Crippen molar-refractivity contribution in [2.45, 2.75) is 6.92 Å². The zero-order valence-electron chi connectivity index (χ0n) is 20.7. The maximum atomic E-state index is 12.3. The molecule has 0 aliphatic carbocycles. The summed E-state index contributed by atoms with van der Waals surface area (Å²) in [6.45, 7) is 1.89. The molecule has 0 saturated heterocycles. The predicted molar refractivity (Wildman–Crippen MR) is 153 cm³/mol. The van der Waals surface area contributed by atoms with Gasteiger partial charge in [0.15, 0.2) is 18.1 Å². The van der Waals surface area contributed by atoms with Crippen molar-refractivity contribution in [1.29, 1.82) is 0 Å². The van der Waals surface area contributed by atoms with Gasteiger partial charge in [0.1, 0.15) is 5.75 Å². The number of anilines is 2.